The minimum absolute atomic E-state index is 0.796. The van der Waals surface area contributed by atoms with Gasteiger partial charge >= 0.3 is 0 Å². The van der Waals surface area contributed by atoms with E-state index in [0.29, 0.717) is 0 Å². The molecule has 0 atom stereocenters. The number of furan rings is 2. The second-order valence-corrected chi connectivity index (χ2v) is 2.45. The molecule has 0 bridgehead atoms. The molecule has 54 valence electrons. The van der Waals surface area contributed by atoms with Gasteiger partial charge in [0.1, 0.15) is 0 Å². The zero-order valence-corrected chi connectivity index (χ0v) is 5.63. The molecule has 3 nitrogen and oxygen atoms in total. The fraction of sp³-hybridized carbons (Fsp3) is 0. The number of hydrogen-bond acceptors (Lipinski definition) is 2. The fourth-order valence-electron chi connectivity index (χ4n) is 1.31. The maximum absolute atomic E-state index is 5.20. The molecule has 0 fully saturated rings. The summed E-state index contributed by atoms with van der Waals surface area (Å²) in [5.41, 5.74) is 3.56. The molecule has 0 aliphatic carbocycles. The molecule has 3 aromatic rings. The van der Waals surface area contributed by atoms with Crippen LogP contribution in [0.2, 0.25) is 0 Å². The Hall–Kier alpha value is -1.64. The molecule has 0 saturated heterocycles. The minimum atomic E-state index is 0.796. The number of nitrogens with one attached hydrogen (secondary N) is 1. The SMILES string of the molecule is c1cc2[nH]c3ccoc3c2o1. The Kier molecular flexibility index (Phi) is 0.692. The van der Waals surface area contributed by atoms with Gasteiger partial charge in [-0.1, -0.05) is 0 Å². The van der Waals surface area contributed by atoms with Crippen LogP contribution in [0, 0.1) is 0 Å². The third-order valence-corrected chi connectivity index (χ3v) is 1.81. The van der Waals surface area contributed by atoms with Crippen LogP contribution in [0.5, 0.6) is 0 Å². The van der Waals surface area contributed by atoms with Gasteiger partial charge in [0.25, 0.3) is 0 Å². The summed E-state index contributed by atoms with van der Waals surface area (Å²) in [6, 6.07) is 3.76. The molecule has 0 radical (unpaired) electrons. The van der Waals surface area contributed by atoms with E-state index in [1.54, 1.807) is 12.5 Å². The van der Waals surface area contributed by atoms with Gasteiger partial charge in [-0.2, -0.15) is 0 Å². The van der Waals surface area contributed by atoms with Crippen molar-refractivity contribution < 1.29 is 8.83 Å². The van der Waals surface area contributed by atoms with Crippen molar-refractivity contribution in [2.24, 2.45) is 0 Å². The maximum Gasteiger partial charge on any atom is 0.194 e. The van der Waals surface area contributed by atoms with Crippen molar-refractivity contribution in [3.05, 3.63) is 24.7 Å². The number of aromatic amines is 1. The summed E-state index contributed by atoms with van der Waals surface area (Å²) in [6.07, 6.45) is 3.28. The molecule has 0 saturated carbocycles. The molecule has 0 aliphatic heterocycles. The number of rotatable bonds is 0. The van der Waals surface area contributed by atoms with Crippen LogP contribution in [0.1, 0.15) is 0 Å². The summed E-state index contributed by atoms with van der Waals surface area (Å²) in [7, 11) is 0. The molecule has 0 amide bonds. The van der Waals surface area contributed by atoms with E-state index < -0.39 is 0 Å². The van der Waals surface area contributed by atoms with Gasteiger partial charge in [0.05, 0.1) is 23.6 Å². The normalized spacial score (nSPS) is 11.6. The third-order valence-electron chi connectivity index (χ3n) is 1.81. The summed E-state index contributed by atoms with van der Waals surface area (Å²) >= 11 is 0. The number of H-pyrrole nitrogens is 1. The van der Waals surface area contributed by atoms with Gasteiger partial charge in [-0.25, -0.2) is 0 Å². The van der Waals surface area contributed by atoms with Crippen molar-refractivity contribution in [3.8, 4) is 0 Å². The monoisotopic (exact) mass is 147 g/mol. The van der Waals surface area contributed by atoms with Crippen molar-refractivity contribution in [1.82, 2.24) is 4.98 Å². The zero-order chi connectivity index (χ0) is 7.26. The second-order valence-electron chi connectivity index (χ2n) is 2.45. The lowest BCUT2D eigenvalue weighted by Gasteiger charge is -1.73. The van der Waals surface area contributed by atoms with E-state index in [9.17, 15) is 0 Å². The van der Waals surface area contributed by atoms with Crippen molar-refractivity contribution in [1.29, 1.82) is 0 Å². The van der Waals surface area contributed by atoms with Crippen LogP contribution in [-0.2, 0) is 0 Å². The molecule has 3 heterocycles. The standard InChI is InChI=1S/C8H5NO2/c1-3-10-7-5(1)9-6-2-4-11-8(6)7/h1-4,9H. The summed E-state index contributed by atoms with van der Waals surface area (Å²) < 4.78 is 10.4. The lowest BCUT2D eigenvalue weighted by Crippen LogP contribution is -1.55. The number of aromatic nitrogens is 1. The van der Waals surface area contributed by atoms with Gasteiger partial charge in [-0.3, -0.25) is 0 Å². The van der Waals surface area contributed by atoms with E-state index in [1.807, 2.05) is 12.1 Å². The predicted octanol–water partition coefficient (Wildman–Crippen LogP) is 2.51. The topological polar surface area (TPSA) is 42.1 Å². The smallest absolute Gasteiger partial charge is 0.194 e. The van der Waals surface area contributed by atoms with Gasteiger partial charge in [-0.05, 0) is 0 Å². The van der Waals surface area contributed by atoms with Gasteiger partial charge in [0.2, 0.25) is 0 Å². The lowest BCUT2D eigenvalue weighted by molar-refractivity contribution is 0.583. The summed E-state index contributed by atoms with van der Waals surface area (Å²) in [5.74, 6) is 0. The largest absolute Gasteiger partial charge is 0.459 e. The third kappa shape index (κ3) is 0.487. The molecule has 3 aromatic heterocycles. The Bertz CT molecular complexity index is 455. The molecule has 11 heavy (non-hydrogen) atoms. The van der Waals surface area contributed by atoms with E-state index >= 15 is 0 Å². The fourth-order valence-corrected chi connectivity index (χ4v) is 1.31. The highest BCUT2D eigenvalue weighted by atomic mass is 16.4. The second kappa shape index (κ2) is 1.50. The van der Waals surface area contributed by atoms with Crippen molar-refractivity contribution in [3.63, 3.8) is 0 Å². The molecule has 1 N–H and O–H groups in total. The average Bonchev–Trinajstić information content (AvgIpc) is 2.52. The molecular formula is C8H5NO2. The zero-order valence-electron chi connectivity index (χ0n) is 5.63. The van der Waals surface area contributed by atoms with Crippen molar-refractivity contribution >= 4 is 22.2 Å². The Morgan fingerprint density at radius 2 is 1.45 bits per heavy atom. The quantitative estimate of drug-likeness (QED) is 0.530. The van der Waals surface area contributed by atoms with Gasteiger partial charge in [0, 0.05) is 12.1 Å². The minimum Gasteiger partial charge on any atom is -0.459 e. The van der Waals surface area contributed by atoms with Crippen molar-refractivity contribution in [2.75, 3.05) is 0 Å². The van der Waals surface area contributed by atoms with Crippen LogP contribution in [0.25, 0.3) is 22.2 Å². The molecular weight excluding hydrogens is 142 g/mol. The number of fused-ring (bicyclic) bond motifs is 3. The molecule has 3 rings (SSSR count). The van der Waals surface area contributed by atoms with Gasteiger partial charge < -0.3 is 13.8 Å². The molecule has 0 aromatic carbocycles. The van der Waals surface area contributed by atoms with E-state index in [0.717, 1.165) is 22.2 Å². The first kappa shape index (κ1) is 5.07. The van der Waals surface area contributed by atoms with Crippen LogP contribution in [-0.4, -0.2) is 4.98 Å². The highest BCUT2D eigenvalue weighted by molar-refractivity contribution is 5.99. The van der Waals surface area contributed by atoms with Crippen LogP contribution < -0.4 is 0 Å². The maximum atomic E-state index is 5.20. The molecule has 0 unspecified atom stereocenters. The van der Waals surface area contributed by atoms with Gasteiger partial charge in [-0.15, -0.1) is 0 Å². The van der Waals surface area contributed by atoms with Crippen LogP contribution in [0.3, 0.4) is 0 Å². The highest BCUT2D eigenvalue weighted by Gasteiger charge is 2.08. The highest BCUT2D eigenvalue weighted by Crippen LogP contribution is 2.26. The number of hydrogen-bond donors (Lipinski definition) is 1. The first-order valence-corrected chi connectivity index (χ1v) is 3.37. The summed E-state index contributed by atoms with van der Waals surface area (Å²) in [6.45, 7) is 0. The van der Waals surface area contributed by atoms with E-state index in [1.165, 1.54) is 0 Å². The molecule has 3 heteroatoms. The summed E-state index contributed by atoms with van der Waals surface area (Å²) in [4.78, 5) is 3.15. The first-order chi connectivity index (χ1) is 5.45. The Labute approximate surface area is 61.6 Å². The van der Waals surface area contributed by atoms with Crippen molar-refractivity contribution in [2.45, 2.75) is 0 Å². The Morgan fingerprint density at radius 1 is 0.909 bits per heavy atom. The summed E-state index contributed by atoms with van der Waals surface area (Å²) in [5, 5.41) is 0. The Balaban J connectivity index is 2.75. The van der Waals surface area contributed by atoms with Gasteiger partial charge in [0.15, 0.2) is 11.2 Å². The lowest BCUT2D eigenvalue weighted by atomic mass is 10.4. The molecule has 0 aliphatic rings. The van der Waals surface area contributed by atoms with E-state index in [2.05, 4.69) is 4.98 Å². The first-order valence-electron chi connectivity index (χ1n) is 3.37. The predicted molar refractivity (Wildman–Crippen MR) is 40.3 cm³/mol. The average molecular weight is 147 g/mol. The van der Waals surface area contributed by atoms with Crippen LogP contribution >= 0.6 is 0 Å². The molecule has 0 spiro atoms. The van der Waals surface area contributed by atoms with E-state index in [-0.39, 0.29) is 0 Å². The van der Waals surface area contributed by atoms with E-state index in [4.69, 9.17) is 8.83 Å². The van der Waals surface area contributed by atoms with Crippen LogP contribution in [0.15, 0.2) is 33.5 Å². The van der Waals surface area contributed by atoms with Crippen LogP contribution in [0.4, 0.5) is 0 Å². The Morgan fingerprint density at radius 3 is 2.00 bits per heavy atom.